The van der Waals surface area contributed by atoms with Crippen LogP contribution in [0.5, 0.6) is 10.9 Å². The highest BCUT2D eigenvalue weighted by molar-refractivity contribution is 7.07. The highest BCUT2D eigenvalue weighted by atomic mass is 35.5. The van der Waals surface area contributed by atoms with Crippen molar-refractivity contribution in [3.63, 3.8) is 0 Å². The average Bonchev–Trinajstić information content (AvgIpc) is 3.41. The fraction of sp³-hybridized carbons (Fsp3) is 0.348. The van der Waals surface area contributed by atoms with Gasteiger partial charge in [-0.1, -0.05) is 35.3 Å². The van der Waals surface area contributed by atoms with Crippen LogP contribution in [0.15, 0.2) is 41.4 Å². The number of hydrogen-bond donors (Lipinski definition) is 0. The zero-order chi connectivity index (χ0) is 22.2. The molecule has 5 nitrogen and oxygen atoms in total. The fourth-order valence-electron chi connectivity index (χ4n) is 3.22. The minimum absolute atomic E-state index is 0.129. The van der Waals surface area contributed by atoms with E-state index >= 15 is 0 Å². The number of aliphatic imine (C=N–C) groups is 1. The van der Waals surface area contributed by atoms with Gasteiger partial charge in [0.25, 0.3) is 5.19 Å². The molecule has 1 aliphatic rings. The molecule has 0 aliphatic heterocycles. The summed E-state index contributed by atoms with van der Waals surface area (Å²) in [5.74, 6) is 1.46. The second kappa shape index (κ2) is 8.77. The Balaban J connectivity index is 1.52. The molecule has 0 radical (unpaired) electrons. The number of ether oxygens (including phenoxy) is 1. The minimum Gasteiger partial charge on any atom is -0.430 e. The molecule has 1 heterocycles. The first kappa shape index (κ1) is 22.1. The molecular weight excluding hydrogens is 451 g/mol. The Labute approximate surface area is 196 Å². The van der Waals surface area contributed by atoms with Gasteiger partial charge < -0.3 is 9.64 Å². The Hall–Kier alpha value is -2.15. The first-order chi connectivity index (χ1) is 14.8. The highest BCUT2D eigenvalue weighted by Gasteiger charge is 2.49. The molecule has 2 aromatic carbocycles. The van der Waals surface area contributed by atoms with Crippen LogP contribution < -0.4 is 4.74 Å². The first-order valence-corrected chi connectivity index (χ1v) is 11.7. The predicted octanol–water partition coefficient (Wildman–Crippen LogP) is 7.03. The van der Waals surface area contributed by atoms with E-state index in [1.54, 1.807) is 12.4 Å². The van der Waals surface area contributed by atoms with Crippen LogP contribution in [0.1, 0.15) is 43.6 Å². The van der Waals surface area contributed by atoms with E-state index in [1.807, 2.05) is 37.1 Å². The summed E-state index contributed by atoms with van der Waals surface area (Å²) in [5, 5.41) is 1.76. The van der Waals surface area contributed by atoms with E-state index in [0.717, 1.165) is 29.3 Å². The number of halogens is 2. The molecule has 8 heteroatoms. The zero-order valence-corrected chi connectivity index (χ0v) is 20.2. The number of benzene rings is 2. The summed E-state index contributed by atoms with van der Waals surface area (Å²) in [7, 11) is 1.98. The van der Waals surface area contributed by atoms with Crippen molar-refractivity contribution in [2.45, 2.75) is 45.1 Å². The Morgan fingerprint density at radius 3 is 2.55 bits per heavy atom. The van der Waals surface area contributed by atoms with E-state index in [1.165, 1.54) is 17.1 Å². The molecule has 0 unspecified atom stereocenters. The number of hydrogen-bond acceptors (Lipinski definition) is 5. The van der Waals surface area contributed by atoms with E-state index in [9.17, 15) is 0 Å². The Kier molecular flexibility index (Phi) is 6.24. The summed E-state index contributed by atoms with van der Waals surface area (Å²) in [5.41, 5.74) is 2.70. The molecule has 0 bridgehead atoms. The van der Waals surface area contributed by atoms with E-state index in [4.69, 9.17) is 27.9 Å². The number of aryl methyl sites for hydroxylation is 1. The SMILES string of the molecule is Cc1cc(N=CN(C)C(C)C)c(Cl)cc1Oc1nc(C2(c3ccc(Cl)cc3)CC2)ns1. The van der Waals surface area contributed by atoms with Gasteiger partial charge in [-0.05, 0) is 62.9 Å². The van der Waals surface area contributed by atoms with Crippen molar-refractivity contribution in [2.24, 2.45) is 4.99 Å². The molecular formula is C23H24Cl2N4OS. The van der Waals surface area contributed by atoms with Crippen LogP contribution in [0.3, 0.4) is 0 Å². The molecule has 1 fully saturated rings. The van der Waals surface area contributed by atoms with E-state index < -0.39 is 0 Å². The van der Waals surface area contributed by atoms with Crippen LogP contribution >= 0.6 is 34.7 Å². The molecule has 1 aromatic heterocycles. The number of aromatic nitrogens is 2. The lowest BCUT2D eigenvalue weighted by Gasteiger charge is -2.17. The van der Waals surface area contributed by atoms with Crippen molar-refractivity contribution >= 4 is 46.8 Å². The third kappa shape index (κ3) is 4.71. The number of rotatable bonds is 7. The summed E-state index contributed by atoms with van der Waals surface area (Å²) in [6.45, 7) is 6.17. The standard InChI is InChI=1S/C23H24Cl2N4OS/c1-14(2)29(4)13-26-19-11-15(3)20(12-18(19)25)30-22-27-21(28-31-22)23(9-10-23)16-5-7-17(24)8-6-16/h5-8,11-14H,9-10H2,1-4H3. The zero-order valence-electron chi connectivity index (χ0n) is 17.9. The molecule has 0 amide bonds. The molecule has 1 aliphatic carbocycles. The average molecular weight is 475 g/mol. The molecule has 0 N–H and O–H groups in total. The van der Waals surface area contributed by atoms with Gasteiger partial charge in [0.15, 0.2) is 5.82 Å². The molecule has 0 saturated heterocycles. The van der Waals surface area contributed by atoms with Gasteiger partial charge in [0, 0.05) is 35.7 Å². The second-order valence-electron chi connectivity index (χ2n) is 8.15. The van der Waals surface area contributed by atoms with Crippen LogP contribution in [0.25, 0.3) is 0 Å². The first-order valence-electron chi connectivity index (χ1n) is 10.1. The largest absolute Gasteiger partial charge is 0.430 e. The summed E-state index contributed by atoms with van der Waals surface area (Å²) < 4.78 is 10.6. The molecule has 3 aromatic rings. The summed E-state index contributed by atoms with van der Waals surface area (Å²) >= 11 is 13.8. The summed E-state index contributed by atoms with van der Waals surface area (Å²) in [4.78, 5) is 11.2. The lowest BCUT2D eigenvalue weighted by atomic mass is 9.95. The van der Waals surface area contributed by atoms with Gasteiger partial charge in [-0.25, -0.2) is 4.99 Å². The van der Waals surface area contributed by atoms with Crippen molar-refractivity contribution in [2.75, 3.05) is 7.05 Å². The third-order valence-corrected chi connectivity index (χ3v) is 6.77. The van der Waals surface area contributed by atoms with Crippen molar-refractivity contribution in [3.8, 4) is 10.9 Å². The monoisotopic (exact) mass is 474 g/mol. The van der Waals surface area contributed by atoms with Crippen molar-refractivity contribution in [1.82, 2.24) is 14.3 Å². The maximum absolute atomic E-state index is 6.46. The normalized spacial score (nSPS) is 14.9. The molecule has 4 rings (SSSR count). The van der Waals surface area contributed by atoms with Crippen molar-refractivity contribution < 1.29 is 4.74 Å². The minimum atomic E-state index is -0.129. The molecule has 0 atom stereocenters. The molecule has 1 saturated carbocycles. The smallest absolute Gasteiger partial charge is 0.298 e. The highest BCUT2D eigenvalue weighted by Crippen LogP contribution is 2.53. The molecule has 162 valence electrons. The predicted molar refractivity (Wildman–Crippen MR) is 129 cm³/mol. The van der Waals surface area contributed by atoms with Crippen LogP contribution in [-0.2, 0) is 5.41 Å². The summed E-state index contributed by atoms with van der Waals surface area (Å²) in [6.07, 6.45) is 3.83. The maximum Gasteiger partial charge on any atom is 0.298 e. The maximum atomic E-state index is 6.46. The van der Waals surface area contributed by atoms with E-state index in [2.05, 4.69) is 40.3 Å². The van der Waals surface area contributed by atoms with Gasteiger partial charge in [-0.3, -0.25) is 0 Å². The second-order valence-corrected chi connectivity index (χ2v) is 9.71. The van der Waals surface area contributed by atoms with Gasteiger partial charge in [-0.2, -0.15) is 9.36 Å². The van der Waals surface area contributed by atoms with E-state index in [-0.39, 0.29) is 5.41 Å². The van der Waals surface area contributed by atoms with E-state index in [0.29, 0.717) is 27.7 Å². The molecule has 0 spiro atoms. The lowest BCUT2D eigenvalue weighted by molar-refractivity contribution is 0.429. The van der Waals surface area contributed by atoms with Crippen LogP contribution in [0.4, 0.5) is 5.69 Å². The van der Waals surface area contributed by atoms with Gasteiger partial charge in [0.2, 0.25) is 0 Å². The number of nitrogens with zero attached hydrogens (tertiary/aromatic N) is 4. The topological polar surface area (TPSA) is 50.6 Å². The lowest BCUT2D eigenvalue weighted by Crippen LogP contribution is -2.24. The van der Waals surface area contributed by atoms with Crippen molar-refractivity contribution in [1.29, 1.82) is 0 Å². The van der Waals surface area contributed by atoms with Gasteiger partial charge in [-0.15, -0.1) is 0 Å². The Morgan fingerprint density at radius 2 is 1.90 bits per heavy atom. The van der Waals surface area contributed by atoms with Gasteiger partial charge in [0.1, 0.15) is 5.75 Å². The summed E-state index contributed by atoms with van der Waals surface area (Å²) in [6, 6.07) is 12.0. The Bertz CT molecular complexity index is 1110. The third-order valence-electron chi connectivity index (χ3n) is 5.62. The van der Waals surface area contributed by atoms with Crippen molar-refractivity contribution in [3.05, 3.63) is 63.4 Å². The quantitative estimate of drug-likeness (QED) is 0.272. The Morgan fingerprint density at radius 1 is 1.19 bits per heavy atom. The van der Waals surface area contributed by atoms with Crippen LogP contribution in [0, 0.1) is 6.92 Å². The molecule has 31 heavy (non-hydrogen) atoms. The van der Waals surface area contributed by atoms with Crippen LogP contribution in [0.2, 0.25) is 10.0 Å². The fourth-order valence-corrected chi connectivity index (χ4v) is 4.18. The van der Waals surface area contributed by atoms with Crippen LogP contribution in [-0.4, -0.2) is 33.7 Å². The van der Waals surface area contributed by atoms with Gasteiger partial charge >= 0.3 is 0 Å². The van der Waals surface area contributed by atoms with Gasteiger partial charge in [0.05, 0.1) is 22.5 Å².